The molecule has 0 fully saturated rings. The Morgan fingerprint density at radius 3 is 2.93 bits per heavy atom. The van der Waals surface area contributed by atoms with Gasteiger partial charge in [-0.3, -0.25) is 9.78 Å². The molecule has 0 bridgehead atoms. The largest absolute Gasteiger partial charge is 0.273 e. The first-order chi connectivity index (χ1) is 7.31. The highest BCUT2D eigenvalue weighted by Gasteiger charge is 2.05. The maximum Gasteiger partial charge on any atom is 0.273 e. The van der Waals surface area contributed by atoms with Gasteiger partial charge >= 0.3 is 0 Å². The van der Waals surface area contributed by atoms with Gasteiger partial charge in [0.2, 0.25) is 0 Å². The van der Waals surface area contributed by atoms with Crippen molar-refractivity contribution in [2.24, 2.45) is 5.29 Å². The molecule has 1 N–H and O–H groups in total. The third-order valence-corrected chi connectivity index (χ3v) is 2.05. The number of benzene rings is 1. The van der Waals surface area contributed by atoms with Crippen molar-refractivity contribution >= 4 is 16.7 Å². The molecule has 0 unspecified atom stereocenters. The molecular weight excluding hydrogens is 194 g/mol. The highest BCUT2D eigenvalue weighted by atomic mass is 16.3. The lowest BCUT2D eigenvalue weighted by Gasteiger charge is -2.00. The zero-order valence-electron chi connectivity index (χ0n) is 7.68. The molecule has 1 heterocycles. The zero-order chi connectivity index (χ0) is 10.7. The molecule has 2 rings (SSSR count). The van der Waals surface area contributed by atoms with Crippen LogP contribution in [0.15, 0.2) is 41.9 Å². The molecule has 0 spiro atoms. The van der Waals surface area contributed by atoms with Crippen LogP contribution in [0.2, 0.25) is 0 Å². The lowest BCUT2D eigenvalue weighted by Crippen LogP contribution is -2.16. The number of aromatic nitrogens is 1. The van der Waals surface area contributed by atoms with Crippen LogP contribution in [-0.2, 0) is 0 Å². The molecule has 15 heavy (non-hydrogen) atoms. The van der Waals surface area contributed by atoms with E-state index >= 15 is 0 Å². The maximum absolute atomic E-state index is 11.3. The number of carbonyl (C=O) groups excluding carboxylic acids is 1. The number of rotatable bonds is 2. The molecule has 0 radical (unpaired) electrons. The quantitative estimate of drug-likeness (QED) is 0.593. The fourth-order valence-corrected chi connectivity index (χ4v) is 1.33. The summed E-state index contributed by atoms with van der Waals surface area (Å²) in [4.78, 5) is 25.1. The Bertz CT molecular complexity index is 525. The van der Waals surface area contributed by atoms with E-state index < -0.39 is 5.91 Å². The first-order valence-corrected chi connectivity index (χ1v) is 4.28. The van der Waals surface area contributed by atoms with Crippen molar-refractivity contribution in [3.8, 4) is 0 Å². The molecular formula is C10H7N3O2. The summed E-state index contributed by atoms with van der Waals surface area (Å²) in [6.45, 7) is 0. The predicted molar refractivity (Wildman–Crippen MR) is 55.0 cm³/mol. The Balaban J connectivity index is 2.46. The average molecular weight is 201 g/mol. The molecule has 1 amide bonds. The van der Waals surface area contributed by atoms with Crippen molar-refractivity contribution in [3.63, 3.8) is 0 Å². The maximum atomic E-state index is 11.3. The molecule has 0 saturated carbocycles. The van der Waals surface area contributed by atoms with Gasteiger partial charge in [0.15, 0.2) is 0 Å². The van der Waals surface area contributed by atoms with E-state index in [1.54, 1.807) is 36.7 Å². The molecule has 1 aromatic carbocycles. The number of fused-ring (bicyclic) bond motifs is 1. The van der Waals surface area contributed by atoms with E-state index in [1.165, 1.54) is 0 Å². The Morgan fingerprint density at radius 1 is 1.27 bits per heavy atom. The second kappa shape index (κ2) is 3.83. The van der Waals surface area contributed by atoms with Gasteiger partial charge in [0.05, 0.1) is 5.29 Å². The molecule has 0 saturated heterocycles. The van der Waals surface area contributed by atoms with E-state index in [-0.39, 0.29) is 0 Å². The number of nitrogens with zero attached hydrogens (tertiary/aromatic N) is 2. The van der Waals surface area contributed by atoms with Crippen LogP contribution in [0.5, 0.6) is 0 Å². The van der Waals surface area contributed by atoms with Crippen molar-refractivity contribution in [1.29, 1.82) is 0 Å². The summed E-state index contributed by atoms with van der Waals surface area (Å²) in [6, 6.07) is 6.85. The predicted octanol–water partition coefficient (Wildman–Crippen LogP) is 1.65. The van der Waals surface area contributed by atoms with Crippen molar-refractivity contribution in [1.82, 2.24) is 10.4 Å². The Labute approximate surface area is 85.1 Å². The summed E-state index contributed by atoms with van der Waals surface area (Å²) < 4.78 is 0. The van der Waals surface area contributed by atoms with Crippen LogP contribution in [0.25, 0.3) is 10.8 Å². The van der Waals surface area contributed by atoms with Gasteiger partial charge in [0, 0.05) is 23.3 Å². The molecule has 5 nitrogen and oxygen atoms in total. The van der Waals surface area contributed by atoms with E-state index in [9.17, 15) is 9.70 Å². The Hall–Kier alpha value is -2.30. The van der Waals surface area contributed by atoms with Gasteiger partial charge in [-0.2, -0.15) is 0 Å². The highest BCUT2D eigenvalue weighted by molar-refractivity contribution is 5.98. The van der Waals surface area contributed by atoms with Gasteiger partial charge < -0.3 is 0 Å². The first kappa shape index (κ1) is 9.26. The number of nitrogens with one attached hydrogen (secondary N) is 1. The van der Waals surface area contributed by atoms with E-state index in [4.69, 9.17) is 0 Å². The minimum Gasteiger partial charge on any atom is -0.267 e. The number of carbonyl (C=O) groups is 1. The van der Waals surface area contributed by atoms with E-state index in [2.05, 4.69) is 10.3 Å². The fraction of sp³-hybridized carbons (Fsp3) is 0. The van der Waals surface area contributed by atoms with Crippen molar-refractivity contribution in [2.75, 3.05) is 0 Å². The van der Waals surface area contributed by atoms with Crippen LogP contribution in [0.3, 0.4) is 0 Å². The average Bonchev–Trinajstić information content (AvgIpc) is 2.29. The van der Waals surface area contributed by atoms with Crippen LogP contribution >= 0.6 is 0 Å². The van der Waals surface area contributed by atoms with Crippen molar-refractivity contribution in [3.05, 3.63) is 47.1 Å². The van der Waals surface area contributed by atoms with Gasteiger partial charge in [-0.15, -0.1) is 4.91 Å². The van der Waals surface area contributed by atoms with Gasteiger partial charge in [0.25, 0.3) is 5.91 Å². The molecule has 0 aliphatic rings. The topological polar surface area (TPSA) is 71.4 Å². The number of hydrogen-bond donors (Lipinski definition) is 1. The van der Waals surface area contributed by atoms with E-state index in [0.29, 0.717) is 5.56 Å². The van der Waals surface area contributed by atoms with E-state index in [1.807, 2.05) is 5.43 Å². The molecule has 0 aliphatic carbocycles. The third kappa shape index (κ3) is 1.80. The van der Waals surface area contributed by atoms with Crippen LogP contribution in [-0.4, -0.2) is 10.9 Å². The first-order valence-electron chi connectivity index (χ1n) is 4.28. The van der Waals surface area contributed by atoms with Gasteiger partial charge in [-0.05, 0) is 23.6 Å². The van der Waals surface area contributed by atoms with Crippen molar-refractivity contribution < 1.29 is 4.79 Å². The third-order valence-electron chi connectivity index (χ3n) is 2.05. The normalized spacial score (nSPS) is 9.87. The van der Waals surface area contributed by atoms with Gasteiger partial charge in [-0.1, -0.05) is 6.07 Å². The summed E-state index contributed by atoms with van der Waals surface area (Å²) in [7, 11) is 0. The lowest BCUT2D eigenvalue weighted by atomic mass is 10.1. The number of hydrogen-bond acceptors (Lipinski definition) is 4. The monoisotopic (exact) mass is 201 g/mol. The van der Waals surface area contributed by atoms with Crippen LogP contribution in [0, 0.1) is 4.91 Å². The second-order valence-corrected chi connectivity index (χ2v) is 2.97. The van der Waals surface area contributed by atoms with E-state index in [0.717, 1.165) is 10.8 Å². The SMILES string of the molecule is O=NNC(=O)c1ccc2cnccc2c1. The number of amides is 1. The summed E-state index contributed by atoms with van der Waals surface area (Å²) in [6.07, 6.45) is 3.34. The molecule has 2 aromatic rings. The number of nitroso groups, excluding NO2 is 1. The van der Waals surface area contributed by atoms with Crippen molar-refractivity contribution in [2.45, 2.75) is 0 Å². The second-order valence-electron chi connectivity index (χ2n) is 2.97. The van der Waals surface area contributed by atoms with Crippen LogP contribution in [0.4, 0.5) is 0 Å². The summed E-state index contributed by atoms with van der Waals surface area (Å²) in [5.41, 5.74) is 2.24. The highest BCUT2D eigenvalue weighted by Crippen LogP contribution is 2.14. The Kier molecular flexibility index (Phi) is 2.37. The van der Waals surface area contributed by atoms with Gasteiger partial charge in [-0.25, -0.2) is 5.43 Å². The standard InChI is InChI=1S/C10H7N3O2/c14-10(12-13-15)8-1-2-9-6-11-4-3-7(9)5-8/h1-6H,(H,12,14,15). The summed E-state index contributed by atoms with van der Waals surface area (Å²) in [5, 5.41) is 4.16. The smallest absolute Gasteiger partial charge is 0.267 e. The molecule has 0 atom stereocenters. The lowest BCUT2D eigenvalue weighted by molar-refractivity contribution is 0.0954. The van der Waals surface area contributed by atoms with Gasteiger partial charge in [0.1, 0.15) is 0 Å². The Morgan fingerprint density at radius 2 is 2.13 bits per heavy atom. The molecule has 0 aliphatic heterocycles. The number of pyridine rings is 1. The molecule has 1 aromatic heterocycles. The summed E-state index contributed by atoms with van der Waals surface area (Å²) >= 11 is 0. The summed E-state index contributed by atoms with van der Waals surface area (Å²) in [5.74, 6) is -0.510. The fourth-order valence-electron chi connectivity index (χ4n) is 1.33. The zero-order valence-corrected chi connectivity index (χ0v) is 7.68. The van der Waals surface area contributed by atoms with Crippen LogP contribution in [0.1, 0.15) is 10.4 Å². The molecule has 74 valence electrons. The minimum absolute atomic E-state index is 0.397. The molecule has 5 heteroatoms. The minimum atomic E-state index is -0.510. The van der Waals surface area contributed by atoms with Crippen LogP contribution < -0.4 is 5.43 Å².